The van der Waals surface area contributed by atoms with Gasteiger partial charge in [0.2, 0.25) is 0 Å². The van der Waals surface area contributed by atoms with E-state index in [0.717, 1.165) is 6.54 Å². The number of nitrogens with one attached hydrogen (secondary N) is 1. The maximum Gasteiger partial charge on any atom is 0.0667 e. The van der Waals surface area contributed by atoms with Gasteiger partial charge in [0.1, 0.15) is 0 Å². The second-order valence-electron chi connectivity index (χ2n) is 4.85. The molecule has 0 radical (unpaired) electrons. The van der Waals surface area contributed by atoms with Gasteiger partial charge in [0, 0.05) is 26.2 Å². The van der Waals surface area contributed by atoms with Crippen LogP contribution >= 0.6 is 0 Å². The first-order chi connectivity index (χ1) is 9.24. The van der Waals surface area contributed by atoms with Crippen LogP contribution in [0.4, 0.5) is 0 Å². The molecule has 0 amide bonds. The Labute approximate surface area is 114 Å². The van der Waals surface area contributed by atoms with Crippen molar-refractivity contribution in [3.63, 3.8) is 0 Å². The molecule has 0 saturated carbocycles. The van der Waals surface area contributed by atoms with Gasteiger partial charge in [-0.25, -0.2) is 0 Å². The highest BCUT2D eigenvalue weighted by Crippen LogP contribution is 2.20. The lowest BCUT2D eigenvalue weighted by Gasteiger charge is -2.20. The number of nitrogens with two attached hydrogens (primary N) is 1. The van der Waals surface area contributed by atoms with Crippen molar-refractivity contribution < 1.29 is 4.74 Å². The molecule has 102 valence electrons. The topological polar surface area (TPSA) is 47.3 Å². The lowest BCUT2D eigenvalue weighted by atomic mass is 10.0. The predicted octanol–water partition coefficient (Wildman–Crippen LogP) is 2.46. The van der Waals surface area contributed by atoms with Gasteiger partial charge in [-0.2, -0.15) is 0 Å². The van der Waals surface area contributed by atoms with Gasteiger partial charge >= 0.3 is 0 Å². The molecule has 0 heterocycles. The molecule has 0 spiro atoms. The number of rotatable bonds is 6. The van der Waals surface area contributed by atoms with E-state index in [1.54, 1.807) is 7.11 Å². The van der Waals surface area contributed by atoms with E-state index in [4.69, 9.17) is 10.5 Å². The summed E-state index contributed by atoms with van der Waals surface area (Å²) in [4.78, 5) is 0. The van der Waals surface area contributed by atoms with Gasteiger partial charge in [-0.05, 0) is 29.3 Å². The molecule has 2 atom stereocenters. The zero-order chi connectivity index (χ0) is 13.7. The summed E-state index contributed by atoms with van der Waals surface area (Å²) in [5, 5.41) is 5.96. The fourth-order valence-corrected chi connectivity index (χ4v) is 2.15. The Balaban J connectivity index is 2.15. The summed E-state index contributed by atoms with van der Waals surface area (Å²) in [6.45, 7) is 3.42. The van der Waals surface area contributed by atoms with Crippen molar-refractivity contribution >= 4 is 10.8 Å². The SMILES string of the molecule is COC(C)CNC(CN)c1ccc2ccccc2c1. The van der Waals surface area contributed by atoms with E-state index in [-0.39, 0.29) is 12.1 Å². The average Bonchev–Trinajstić information content (AvgIpc) is 2.47. The largest absolute Gasteiger partial charge is 0.380 e. The number of methoxy groups -OCH3 is 1. The molecule has 3 heteroatoms. The molecular formula is C16H22N2O. The van der Waals surface area contributed by atoms with Gasteiger partial charge < -0.3 is 15.8 Å². The molecule has 19 heavy (non-hydrogen) atoms. The zero-order valence-corrected chi connectivity index (χ0v) is 11.6. The highest BCUT2D eigenvalue weighted by atomic mass is 16.5. The number of hydrogen-bond donors (Lipinski definition) is 2. The summed E-state index contributed by atoms with van der Waals surface area (Å²) < 4.78 is 5.25. The summed E-state index contributed by atoms with van der Waals surface area (Å²) in [5.41, 5.74) is 7.10. The molecule has 3 nitrogen and oxygen atoms in total. The monoisotopic (exact) mass is 258 g/mol. The Bertz CT molecular complexity index is 527. The molecular weight excluding hydrogens is 236 g/mol. The molecule has 0 aromatic heterocycles. The van der Waals surface area contributed by atoms with Crippen molar-refractivity contribution in [2.75, 3.05) is 20.2 Å². The minimum absolute atomic E-state index is 0.169. The highest BCUT2D eigenvalue weighted by molar-refractivity contribution is 5.83. The first kappa shape index (κ1) is 14.0. The van der Waals surface area contributed by atoms with E-state index in [1.165, 1.54) is 16.3 Å². The smallest absolute Gasteiger partial charge is 0.0667 e. The summed E-state index contributed by atoms with van der Waals surface area (Å²) in [6.07, 6.45) is 0.189. The van der Waals surface area contributed by atoms with Crippen LogP contribution in [-0.2, 0) is 4.74 Å². The Morgan fingerprint density at radius 1 is 1.16 bits per heavy atom. The van der Waals surface area contributed by atoms with Crippen molar-refractivity contribution in [2.45, 2.75) is 19.1 Å². The first-order valence-electron chi connectivity index (χ1n) is 6.69. The standard InChI is InChI=1S/C16H22N2O/c1-12(19-2)11-18-16(10-17)15-8-7-13-5-3-4-6-14(13)9-15/h3-9,12,16,18H,10-11,17H2,1-2H3. The van der Waals surface area contributed by atoms with Crippen LogP contribution in [0.1, 0.15) is 18.5 Å². The fraction of sp³-hybridized carbons (Fsp3) is 0.375. The van der Waals surface area contributed by atoms with Crippen LogP contribution in [0.3, 0.4) is 0 Å². The quantitative estimate of drug-likeness (QED) is 0.836. The molecule has 0 saturated heterocycles. The first-order valence-corrected chi connectivity index (χ1v) is 6.69. The van der Waals surface area contributed by atoms with Gasteiger partial charge in [-0.1, -0.05) is 36.4 Å². The molecule has 2 unspecified atom stereocenters. The molecule has 0 aliphatic carbocycles. The summed E-state index contributed by atoms with van der Waals surface area (Å²) in [5.74, 6) is 0. The Hall–Kier alpha value is -1.42. The molecule has 0 bridgehead atoms. The molecule has 2 aromatic carbocycles. The number of fused-ring (bicyclic) bond motifs is 1. The molecule has 2 rings (SSSR count). The number of benzene rings is 2. The third-order valence-electron chi connectivity index (χ3n) is 3.47. The van der Waals surface area contributed by atoms with Gasteiger partial charge in [0.15, 0.2) is 0 Å². The van der Waals surface area contributed by atoms with Crippen LogP contribution in [-0.4, -0.2) is 26.3 Å². The van der Waals surface area contributed by atoms with E-state index < -0.39 is 0 Å². The maximum absolute atomic E-state index is 5.87. The van der Waals surface area contributed by atoms with Gasteiger partial charge in [0.25, 0.3) is 0 Å². The molecule has 3 N–H and O–H groups in total. The summed E-state index contributed by atoms with van der Waals surface area (Å²) >= 11 is 0. The van der Waals surface area contributed by atoms with Crippen molar-refractivity contribution in [1.29, 1.82) is 0 Å². The second-order valence-corrected chi connectivity index (χ2v) is 4.85. The molecule has 0 fully saturated rings. The third-order valence-corrected chi connectivity index (χ3v) is 3.47. The van der Waals surface area contributed by atoms with Crippen molar-refractivity contribution in [3.8, 4) is 0 Å². The number of ether oxygens (including phenoxy) is 1. The normalized spacial score (nSPS) is 14.5. The van der Waals surface area contributed by atoms with E-state index in [9.17, 15) is 0 Å². The molecule has 0 aliphatic rings. The van der Waals surface area contributed by atoms with Crippen LogP contribution in [0, 0.1) is 0 Å². The van der Waals surface area contributed by atoms with E-state index in [0.29, 0.717) is 6.54 Å². The Morgan fingerprint density at radius 2 is 1.89 bits per heavy atom. The van der Waals surface area contributed by atoms with Crippen molar-refractivity contribution in [3.05, 3.63) is 48.0 Å². The van der Waals surface area contributed by atoms with Crippen LogP contribution in [0.5, 0.6) is 0 Å². The van der Waals surface area contributed by atoms with Gasteiger partial charge in [-0.3, -0.25) is 0 Å². The van der Waals surface area contributed by atoms with Crippen molar-refractivity contribution in [1.82, 2.24) is 5.32 Å². The predicted molar refractivity (Wildman–Crippen MR) is 80.2 cm³/mol. The number of hydrogen-bond acceptors (Lipinski definition) is 3. The summed E-state index contributed by atoms with van der Waals surface area (Å²) in [6, 6.07) is 15.0. The minimum Gasteiger partial charge on any atom is -0.380 e. The summed E-state index contributed by atoms with van der Waals surface area (Å²) in [7, 11) is 1.72. The van der Waals surface area contributed by atoms with E-state index in [2.05, 4.69) is 47.8 Å². The highest BCUT2D eigenvalue weighted by Gasteiger charge is 2.11. The zero-order valence-electron chi connectivity index (χ0n) is 11.6. The van der Waals surface area contributed by atoms with Crippen molar-refractivity contribution in [2.24, 2.45) is 5.73 Å². The van der Waals surface area contributed by atoms with Crippen LogP contribution in [0.2, 0.25) is 0 Å². The van der Waals surface area contributed by atoms with Crippen LogP contribution in [0.25, 0.3) is 10.8 Å². The molecule has 0 aliphatic heterocycles. The van der Waals surface area contributed by atoms with E-state index >= 15 is 0 Å². The minimum atomic E-state index is 0.169. The van der Waals surface area contributed by atoms with Crippen LogP contribution in [0.15, 0.2) is 42.5 Å². The third kappa shape index (κ3) is 3.53. The lowest BCUT2D eigenvalue weighted by Crippen LogP contribution is -2.33. The second kappa shape index (κ2) is 6.66. The fourth-order valence-electron chi connectivity index (χ4n) is 2.15. The Morgan fingerprint density at radius 3 is 2.58 bits per heavy atom. The van der Waals surface area contributed by atoms with Gasteiger partial charge in [0.05, 0.1) is 6.10 Å². The lowest BCUT2D eigenvalue weighted by molar-refractivity contribution is 0.114. The van der Waals surface area contributed by atoms with E-state index in [1.807, 2.05) is 6.92 Å². The average molecular weight is 258 g/mol. The maximum atomic E-state index is 5.87. The van der Waals surface area contributed by atoms with Crippen LogP contribution < -0.4 is 11.1 Å². The Kier molecular flexibility index (Phi) is 4.91. The molecule has 2 aromatic rings. The van der Waals surface area contributed by atoms with Gasteiger partial charge in [-0.15, -0.1) is 0 Å².